The summed E-state index contributed by atoms with van der Waals surface area (Å²) < 4.78 is 1.77. The Morgan fingerprint density at radius 3 is 3.07 bits per heavy atom. The van der Waals surface area contributed by atoms with Gasteiger partial charge in [-0.3, -0.25) is 9.36 Å². The number of fused-ring (bicyclic) bond motifs is 2. The Morgan fingerprint density at radius 2 is 2.20 bits per heavy atom. The number of para-hydroxylation sites is 1. The van der Waals surface area contributed by atoms with Crippen LogP contribution < -0.4 is 5.56 Å². The lowest BCUT2D eigenvalue weighted by atomic mass is 10.2. The summed E-state index contributed by atoms with van der Waals surface area (Å²) in [5.74, 6) is 0.860. The van der Waals surface area contributed by atoms with Gasteiger partial charge in [-0.15, -0.1) is 0 Å². The Morgan fingerprint density at radius 1 is 1.40 bits per heavy atom. The zero-order valence-electron chi connectivity index (χ0n) is 7.98. The molecule has 0 N–H and O–H groups in total. The highest BCUT2D eigenvalue weighted by Crippen LogP contribution is 2.30. The minimum Gasteiger partial charge on any atom is -0.295 e. The first-order valence-electron chi connectivity index (χ1n) is 4.91. The highest BCUT2D eigenvalue weighted by molar-refractivity contribution is 9.09. The average Bonchev–Trinajstić information content (AvgIpc) is 2.62. The summed E-state index contributed by atoms with van der Waals surface area (Å²) in [6.45, 7) is 0.766. The first kappa shape index (κ1) is 9.09. The molecule has 1 aromatic carbocycles. The van der Waals surface area contributed by atoms with Crippen molar-refractivity contribution in [2.24, 2.45) is 0 Å². The van der Waals surface area contributed by atoms with Crippen LogP contribution in [0.1, 0.15) is 17.1 Å². The maximum absolute atomic E-state index is 12.1. The maximum Gasteiger partial charge on any atom is 0.261 e. The van der Waals surface area contributed by atoms with E-state index < -0.39 is 0 Å². The summed E-state index contributed by atoms with van der Waals surface area (Å²) >= 11 is 3.53. The number of alkyl halides is 1. The van der Waals surface area contributed by atoms with Crippen LogP contribution in [-0.4, -0.2) is 9.55 Å². The van der Waals surface area contributed by atoms with E-state index in [1.807, 2.05) is 24.3 Å². The smallest absolute Gasteiger partial charge is 0.261 e. The first-order chi connectivity index (χ1) is 7.27. The third-order valence-electron chi connectivity index (χ3n) is 2.78. The standard InChI is InChI=1S/C11H9BrN2O/c12-8-5-6-14-10(8)13-9-4-2-1-3-7(9)11(14)15/h1-4,8H,5-6H2. The number of rotatable bonds is 0. The van der Waals surface area contributed by atoms with Crippen molar-refractivity contribution in [2.45, 2.75) is 17.8 Å². The molecular weight excluding hydrogens is 256 g/mol. The minimum absolute atomic E-state index is 0.0811. The van der Waals surface area contributed by atoms with Crippen LogP contribution in [0, 0.1) is 0 Å². The Kier molecular flexibility index (Phi) is 1.92. The van der Waals surface area contributed by atoms with Gasteiger partial charge in [0.2, 0.25) is 0 Å². The lowest BCUT2D eigenvalue weighted by Gasteiger charge is -2.05. The summed E-state index contributed by atoms with van der Waals surface area (Å²) in [6, 6.07) is 7.50. The second-order valence-corrected chi connectivity index (χ2v) is 4.81. The van der Waals surface area contributed by atoms with E-state index in [-0.39, 0.29) is 10.4 Å². The lowest BCUT2D eigenvalue weighted by Crippen LogP contribution is -2.20. The van der Waals surface area contributed by atoms with E-state index in [1.165, 1.54) is 0 Å². The molecule has 1 aliphatic rings. The van der Waals surface area contributed by atoms with E-state index >= 15 is 0 Å². The molecule has 1 aliphatic heterocycles. The first-order valence-corrected chi connectivity index (χ1v) is 5.82. The predicted octanol–water partition coefficient (Wildman–Crippen LogP) is 2.24. The summed E-state index contributed by atoms with van der Waals surface area (Å²) in [5.41, 5.74) is 0.873. The number of benzene rings is 1. The highest BCUT2D eigenvalue weighted by Gasteiger charge is 2.23. The molecule has 1 aromatic heterocycles. The van der Waals surface area contributed by atoms with Crippen molar-refractivity contribution in [2.75, 3.05) is 0 Å². The molecule has 0 spiro atoms. The number of aromatic nitrogens is 2. The normalized spacial score (nSPS) is 19.4. The van der Waals surface area contributed by atoms with Gasteiger partial charge in [0.25, 0.3) is 5.56 Å². The SMILES string of the molecule is O=c1c2ccccc2nc2n1CCC2Br. The molecule has 0 fully saturated rings. The van der Waals surface area contributed by atoms with Crippen molar-refractivity contribution in [3.05, 3.63) is 40.4 Å². The van der Waals surface area contributed by atoms with Gasteiger partial charge in [0, 0.05) is 6.54 Å². The van der Waals surface area contributed by atoms with E-state index in [0.717, 1.165) is 24.3 Å². The number of halogens is 1. The fourth-order valence-corrected chi connectivity index (χ4v) is 2.57. The van der Waals surface area contributed by atoms with Crippen LogP contribution in [0.2, 0.25) is 0 Å². The van der Waals surface area contributed by atoms with Crippen LogP contribution in [-0.2, 0) is 6.54 Å². The maximum atomic E-state index is 12.1. The molecular formula is C11H9BrN2O. The quantitative estimate of drug-likeness (QED) is 0.685. The molecule has 0 bridgehead atoms. The van der Waals surface area contributed by atoms with Crippen molar-refractivity contribution >= 4 is 26.8 Å². The van der Waals surface area contributed by atoms with Crippen molar-refractivity contribution < 1.29 is 0 Å². The molecule has 0 radical (unpaired) electrons. The van der Waals surface area contributed by atoms with Crippen molar-refractivity contribution in [1.82, 2.24) is 9.55 Å². The largest absolute Gasteiger partial charge is 0.295 e. The van der Waals surface area contributed by atoms with Gasteiger partial charge in [0.05, 0.1) is 15.7 Å². The van der Waals surface area contributed by atoms with E-state index in [1.54, 1.807) is 4.57 Å². The molecule has 0 aliphatic carbocycles. The number of hydrogen-bond donors (Lipinski definition) is 0. The predicted molar refractivity (Wildman–Crippen MR) is 62.3 cm³/mol. The molecule has 1 atom stereocenters. The van der Waals surface area contributed by atoms with Crippen LogP contribution in [0.5, 0.6) is 0 Å². The molecule has 1 unspecified atom stereocenters. The fourth-order valence-electron chi connectivity index (χ4n) is 2.01. The van der Waals surface area contributed by atoms with E-state index in [9.17, 15) is 4.79 Å². The third kappa shape index (κ3) is 1.24. The zero-order valence-corrected chi connectivity index (χ0v) is 9.57. The van der Waals surface area contributed by atoms with Crippen molar-refractivity contribution in [1.29, 1.82) is 0 Å². The molecule has 4 heteroatoms. The minimum atomic E-state index is 0.0811. The molecule has 0 amide bonds. The van der Waals surface area contributed by atoms with E-state index in [2.05, 4.69) is 20.9 Å². The molecule has 0 saturated carbocycles. The average molecular weight is 265 g/mol. The summed E-state index contributed by atoms with van der Waals surface area (Å²) in [5, 5.41) is 0.711. The van der Waals surface area contributed by atoms with Crippen LogP contribution in [0.4, 0.5) is 0 Å². The van der Waals surface area contributed by atoms with Gasteiger partial charge >= 0.3 is 0 Å². The third-order valence-corrected chi connectivity index (χ3v) is 3.64. The summed E-state index contributed by atoms with van der Waals surface area (Å²) in [6.07, 6.45) is 0.943. The lowest BCUT2D eigenvalue weighted by molar-refractivity contribution is 0.719. The molecule has 3 rings (SSSR count). The van der Waals surface area contributed by atoms with Crippen LogP contribution in [0.25, 0.3) is 10.9 Å². The Labute approximate surface area is 94.9 Å². The molecule has 15 heavy (non-hydrogen) atoms. The summed E-state index contributed by atoms with van der Waals surface area (Å²) in [7, 11) is 0. The van der Waals surface area contributed by atoms with E-state index in [0.29, 0.717) is 5.39 Å². The van der Waals surface area contributed by atoms with Crippen LogP contribution in [0.15, 0.2) is 29.1 Å². The van der Waals surface area contributed by atoms with Crippen molar-refractivity contribution in [3.8, 4) is 0 Å². The topological polar surface area (TPSA) is 34.9 Å². The second-order valence-electron chi connectivity index (χ2n) is 3.70. The van der Waals surface area contributed by atoms with Gasteiger partial charge in [-0.25, -0.2) is 4.98 Å². The van der Waals surface area contributed by atoms with Gasteiger partial charge < -0.3 is 0 Å². The molecule has 0 saturated heterocycles. The highest BCUT2D eigenvalue weighted by atomic mass is 79.9. The van der Waals surface area contributed by atoms with Gasteiger partial charge in [0.15, 0.2) is 0 Å². The van der Waals surface area contributed by atoms with E-state index in [4.69, 9.17) is 0 Å². The van der Waals surface area contributed by atoms with Gasteiger partial charge in [0.1, 0.15) is 5.82 Å². The van der Waals surface area contributed by atoms with Gasteiger partial charge in [-0.05, 0) is 18.6 Å². The monoisotopic (exact) mass is 264 g/mol. The van der Waals surface area contributed by atoms with Gasteiger partial charge in [-0.1, -0.05) is 28.1 Å². The Bertz CT molecular complexity index is 591. The number of hydrogen-bond acceptors (Lipinski definition) is 2. The fraction of sp³-hybridized carbons (Fsp3) is 0.273. The van der Waals surface area contributed by atoms with Crippen molar-refractivity contribution in [3.63, 3.8) is 0 Å². The Balaban J connectivity index is 2.46. The van der Waals surface area contributed by atoms with Crippen LogP contribution >= 0.6 is 15.9 Å². The molecule has 2 heterocycles. The second kappa shape index (κ2) is 3.17. The Hall–Kier alpha value is -1.16. The van der Waals surface area contributed by atoms with Crippen LogP contribution in [0.3, 0.4) is 0 Å². The molecule has 2 aromatic rings. The zero-order chi connectivity index (χ0) is 10.4. The van der Waals surface area contributed by atoms with Gasteiger partial charge in [-0.2, -0.15) is 0 Å². The molecule has 76 valence electrons. The summed E-state index contributed by atoms with van der Waals surface area (Å²) in [4.78, 5) is 16.8. The molecule has 3 nitrogen and oxygen atoms in total. The number of nitrogens with zero attached hydrogens (tertiary/aromatic N) is 2.